The van der Waals surface area contributed by atoms with Gasteiger partial charge in [0.2, 0.25) is 5.91 Å². The zero-order valence-electron chi connectivity index (χ0n) is 16.8. The highest BCUT2D eigenvalue weighted by Gasteiger charge is 2.33. The number of para-hydroxylation sites is 2. The van der Waals surface area contributed by atoms with Crippen LogP contribution < -0.4 is 9.47 Å². The standard InChI is InChI=1S/C22H25N3O4/c1-4-20(27)24-11-7-8-16(12-24)25-14(2)21(15(3)26)22(23-25)19-13-28-17-9-5-6-10-18(17)29-19/h4-6,9-10,16,19H,1,7-8,11-13H2,2-3H3/t16-,19?/m1/s1. The number of Topliss-reactive ketones (excluding diaryl/α,β-unsaturated/α-hetero) is 1. The number of carbonyl (C=O) groups excluding carboxylic acids is 2. The van der Waals surface area contributed by atoms with E-state index in [9.17, 15) is 9.59 Å². The van der Waals surface area contributed by atoms with Gasteiger partial charge >= 0.3 is 0 Å². The molecular formula is C22H25N3O4. The lowest BCUT2D eigenvalue weighted by Gasteiger charge is -2.32. The lowest BCUT2D eigenvalue weighted by Crippen LogP contribution is -2.40. The minimum absolute atomic E-state index is 0.0105. The molecule has 0 N–H and O–H groups in total. The van der Waals surface area contributed by atoms with E-state index in [2.05, 4.69) is 6.58 Å². The molecule has 1 aromatic carbocycles. The summed E-state index contributed by atoms with van der Waals surface area (Å²) in [5.74, 6) is 1.20. The highest BCUT2D eigenvalue weighted by atomic mass is 16.6. The Morgan fingerprint density at radius 3 is 2.76 bits per heavy atom. The second-order valence-corrected chi connectivity index (χ2v) is 7.50. The van der Waals surface area contributed by atoms with Gasteiger partial charge < -0.3 is 14.4 Å². The van der Waals surface area contributed by atoms with Crippen molar-refractivity contribution in [2.75, 3.05) is 19.7 Å². The summed E-state index contributed by atoms with van der Waals surface area (Å²) < 4.78 is 13.8. The molecule has 4 rings (SSSR count). The summed E-state index contributed by atoms with van der Waals surface area (Å²) in [5, 5.41) is 4.80. The first-order valence-corrected chi connectivity index (χ1v) is 9.89. The number of carbonyl (C=O) groups is 2. The third-order valence-electron chi connectivity index (χ3n) is 5.57. The number of benzene rings is 1. The Bertz CT molecular complexity index is 965. The van der Waals surface area contributed by atoms with Gasteiger partial charge in [0, 0.05) is 18.8 Å². The first kappa shape index (κ1) is 19.2. The van der Waals surface area contributed by atoms with E-state index in [0.717, 1.165) is 18.5 Å². The number of fused-ring (bicyclic) bond motifs is 1. The van der Waals surface area contributed by atoms with Crippen molar-refractivity contribution in [2.24, 2.45) is 0 Å². The monoisotopic (exact) mass is 395 g/mol. The summed E-state index contributed by atoms with van der Waals surface area (Å²) in [4.78, 5) is 26.3. The van der Waals surface area contributed by atoms with Crippen molar-refractivity contribution in [1.29, 1.82) is 0 Å². The summed E-state index contributed by atoms with van der Waals surface area (Å²) in [5.41, 5.74) is 1.97. The maximum absolute atomic E-state index is 12.5. The van der Waals surface area contributed by atoms with Crippen molar-refractivity contribution in [2.45, 2.75) is 38.8 Å². The van der Waals surface area contributed by atoms with Gasteiger partial charge in [-0.2, -0.15) is 5.10 Å². The molecule has 0 saturated carbocycles. The van der Waals surface area contributed by atoms with Crippen LogP contribution in [0.15, 0.2) is 36.9 Å². The Morgan fingerprint density at radius 1 is 1.28 bits per heavy atom. The van der Waals surface area contributed by atoms with Crippen molar-refractivity contribution >= 4 is 11.7 Å². The van der Waals surface area contributed by atoms with Crippen LogP contribution in [-0.4, -0.2) is 46.1 Å². The Kier molecular flexibility index (Phi) is 5.13. The van der Waals surface area contributed by atoms with Gasteiger partial charge in [0.25, 0.3) is 0 Å². The summed E-state index contributed by atoms with van der Waals surface area (Å²) >= 11 is 0. The van der Waals surface area contributed by atoms with Crippen molar-refractivity contribution in [3.8, 4) is 11.5 Å². The number of nitrogens with zero attached hydrogens (tertiary/aromatic N) is 3. The number of amides is 1. The van der Waals surface area contributed by atoms with Gasteiger partial charge in [0.1, 0.15) is 12.3 Å². The highest BCUT2D eigenvalue weighted by molar-refractivity contribution is 5.96. The number of hydrogen-bond donors (Lipinski definition) is 0. The SMILES string of the molecule is C=CC(=O)N1CCC[C@@H](n2nc(C3COc4ccccc4O3)c(C(C)=O)c2C)C1. The van der Waals surface area contributed by atoms with Gasteiger partial charge in [-0.1, -0.05) is 18.7 Å². The smallest absolute Gasteiger partial charge is 0.246 e. The normalized spacial score (nSPS) is 21.0. The Labute approximate surface area is 169 Å². The molecule has 1 aromatic heterocycles. The molecule has 1 unspecified atom stereocenters. The molecule has 0 bridgehead atoms. The second kappa shape index (κ2) is 7.73. The third kappa shape index (κ3) is 3.52. The van der Waals surface area contributed by atoms with Crippen LogP contribution in [0.25, 0.3) is 0 Å². The minimum atomic E-state index is -0.460. The zero-order valence-corrected chi connectivity index (χ0v) is 16.8. The molecule has 152 valence electrons. The average molecular weight is 395 g/mol. The third-order valence-corrected chi connectivity index (χ3v) is 5.57. The van der Waals surface area contributed by atoms with E-state index in [1.54, 1.807) is 11.8 Å². The molecule has 0 spiro atoms. The van der Waals surface area contributed by atoms with Crippen LogP contribution in [-0.2, 0) is 4.79 Å². The molecule has 7 nitrogen and oxygen atoms in total. The van der Waals surface area contributed by atoms with Gasteiger partial charge in [0.15, 0.2) is 23.4 Å². The van der Waals surface area contributed by atoms with E-state index >= 15 is 0 Å². The fourth-order valence-corrected chi connectivity index (χ4v) is 4.19. The van der Waals surface area contributed by atoms with Crippen LogP contribution in [0, 0.1) is 6.92 Å². The van der Waals surface area contributed by atoms with E-state index < -0.39 is 6.10 Å². The lowest BCUT2D eigenvalue weighted by atomic mass is 10.0. The first-order valence-electron chi connectivity index (χ1n) is 9.89. The molecule has 2 atom stereocenters. The van der Waals surface area contributed by atoms with Crippen LogP contribution in [0.4, 0.5) is 0 Å². The molecule has 29 heavy (non-hydrogen) atoms. The fourth-order valence-electron chi connectivity index (χ4n) is 4.19. The second-order valence-electron chi connectivity index (χ2n) is 7.50. The van der Waals surface area contributed by atoms with Gasteiger partial charge in [-0.05, 0) is 44.9 Å². The topological polar surface area (TPSA) is 73.7 Å². The quantitative estimate of drug-likeness (QED) is 0.587. The molecule has 0 aliphatic carbocycles. The lowest BCUT2D eigenvalue weighted by molar-refractivity contribution is -0.127. The molecular weight excluding hydrogens is 370 g/mol. The van der Waals surface area contributed by atoms with Crippen LogP contribution in [0.1, 0.15) is 53.7 Å². The molecule has 1 amide bonds. The molecule has 1 fully saturated rings. The molecule has 3 heterocycles. The van der Waals surface area contributed by atoms with Gasteiger partial charge in [-0.15, -0.1) is 0 Å². The van der Waals surface area contributed by atoms with Crippen molar-refractivity contribution in [1.82, 2.24) is 14.7 Å². The summed E-state index contributed by atoms with van der Waals surface area (Å²) in [6, 6.07) is 7.49. The van der Waals surface area contributed by atoms with E-state index in [1.807, 2.05) is 35.9 Å². The van der Waals surface area contributed by atoms with Crippen LogP contribution in [0.2, 0.25) is 0 Å². The average Bonchev–Trinajstić information content (AvgIpc) is 3.10. The number of ketones is 1. The van der Waals surface area contributed by atoms with E-state index in [4.69, 9.17) is 14.6 Å². The zero-order chi connectivity index (χ0) is 20.5. The van der Waals surface area contributed by atoms with E-state index in [-0.39, 0.29) is 17.7 Å². The van der Waals surface area contributed by atoms with E-state index in [1.165, 1.54) is 6.08 Å². The number of ether oxygens (including phenoxy) is 2. The molecule has 0 radical (unpaired) electrons. The molecule has 2 aliphatic rings. The Balaban J connectivity index is 1.67. The molecule has 7 heteroatoms. The van der Waals surface area contributed by atoms with Crippen molar-refractivity contribution in [3.63, 3.8) is 0 Å². The summed E-state index contributed by atoms with van der Waals surface area (Å²) in [7, 11) is 0. The van der Waals surface area contributed by atoms with E-state index in [0.29, 0.717) is 42.5 Å². The maximum Gasteiger partial charge on any atom is 0.246 e. The number of aromatic nitrogens is 2. The molecule has 2 aromatic rings. The number of piperidine rings is 1. The predicted octanol–water partition coefficient (Wildman–Crippen LogP) is 3.26. The number of rotatable bonds is 4. The van der Waals surface area contributed by atoms with Crippen LogP contribution in [0.5, 0.6) is 11.5 Å². The Morgan fingerprint density at radius 2 is 2.03 bits per heavy atom. The Hall–Kier alpha value is -3.09. The highest BCUT2D eigenvalue weighted by Crippen LogP contribution is 2.37. The van der Waals surface area contributed by atoms with Crippen molar-refractivity contribution < 1.29 is 19.1 Å². The summed E-state index contributed by atoms with van der Waals surface area (Å²) in [6.45, 7) is 8.59. The van der Waals surface area contributed by atoms with Gasteiger partial charge in [-0.3, -0.25) is 14.3 Å². The van der Waals surface area contributed by atoms with Crippen LogP contribution >= 0.6 is 0 Å². The molecule has 2 aliphatic heterocycles. The molecule has 1 saturated heterocycles. The predicted molar refractivity (Wildman–Crippen MR) is 107 cm³/mol. The van der Waals surface area contributed by atoms with Gasteiger partial charge in [0.05, 0.1) is 11.6 Å². The largest absolute Gasteiger partial charge is 0.485 e. The van der Waals surface area contributed by atoms with Crippen molar-refractivity contribution in [3.05, 3.63) is 53.9 Å². The van der Waals surface area contributed by atoms with Crippen LogP contribution in [0.3, 0.4) is 0 Å². The minimum Gasteiger partial charge on any atom is -0.485 e. The van der Waals surface area contributed by atoms with Gasteiger partial charge in [-0.25, -0.2) is 0 Å². The summed E-state index contributed by atoms with van der Waals surface area (Å²) in [6.07, 6.45) is 2.66. The maximum atomic E-state index is 12.5. The number of likely N-dealkylation sites (tertiary alicyclic amines) is 1. The first-order chi connectivity index (χ1) is 14.0. The fraction of sp³-hybridized carbons (Fsp3) is 0.409. The number of hydrogen-bond acceptors (Lipinski definition) is 5.